The first kappa shape index (κ1) is 7.56. The molecule has 0 saturated heterocycles. The van der Waals surface area contributed by atoms with E-state index in [-0.39, 0.29) is 0 Å². The molecule has 0 aromatic heterocycles. The van der Waals surface area contributed by atoms with Crippen molar-refractivity contribution in [1.29, 1.82) is 0 Å². The van der Waals surface area contributed by atoms with Gasteiger partial charge in [-0.2, -0.15) is 0 Å². The summed E-state index contributed by atoms with van der Waals surface area (Å²) >= 11 is 1.86. The molecular formula is C6H15As. The van der Waals surface area contributed by atoms with E-state index in [1.54, 1.807) is 0 Å². The molecule has 1 heteroatoms. The van der Waals surface area contributed by atoms with E-state index in [1.165, 1.54) is 18.1 Å². The summed E-state index contributed by atoms with van der Waals surface area (Å²) in [4.78, 5) is 0. The zero-order chi connectivity index (χ0) is 5.70. The molecule has 2 atom stereocenters. The maximum absolute atomic E-state index is 2.32. The van der Waals surface area contributed by atoms with Crippen molar-refractivity contribution in [2.24, 2.45) is 5.92 Å². The second kappa shape index (κ2) is 4.71. The van der Waals surface area contributed by atoms with Crippen LogP contribution in [0, 0.1) is 5.92 Å². The van der Waals surface area contributed by atoms with Gasteiger partial charge in [0.15, 0.2) is 0 Å². The van der Waals surface area contributed by atoms with Crippen molar-refractivity contribution in [3.63, 3.8) is 0 Å². The van der Waals surface area contributed by atoms with Crippen molar-refractivity contribution >= 4 is 16.9 Å². The summed E-state index contributed by atoms with van der Waals surface area (Å²) < 4.78 is 0. The number of hydrogen-bond donors (Lipinski definition) is 0. The Labute approximate surface area is 55.2 Å². The monoisotopic (exact) mass is 162 g/mol. The molecule has 0 nitrogen and oxygen atoms in total. The normalized spacial score (nSPS) is 14.1. The van der Waals surface area contributed by atoms with Gasteiger partial charge in [0, 0.05) is 0 Å². The summed E-state index contributed by atoms with van der Waals surface area (Å²) in [5, 5.41) is 1.40. The van der Waals surface area contributed by atoms with E-state index in [2.05, 4.69) is 13.8 Å². The summed E-state index contributed by atoms with van der Waals surface area (Å²) in [6, 6.07) is 0. The van der Waals surface area contributed by atoms with Crippen LogP contribution in [0.15, 0.2) is 0 Å². The molecular weight excluding hydrogens is 147 g/mol. The first-order valence-electron chi connectivity index (χ1n) is 3.01. The third kappa shape index (κ3) is 4.41. The Morgan fingerprint density at radius 2 is 2.14 bits per heavy atom. The van der Waals surface area contributed by atoms with Gasteiger partial charge in [0.1, 0.15) is 0 Å². The van der Waals surface area contributed by atoms with Crippen molar-refractivity contribution in [2.75, 3.05) is 0 Å². The second-order valence-corrected chi connectivity index (χ2v) is 3.30. The van der Waals surface area contributed by atoms with Crippen molar-refractivity contribution in [2.45, 2.75) is 31.9 Å². The minimum absolute atomic E-state index is 0.965. The first-order chi connectivity index (χ1) is 3.31. The molecule has 44 valence electrons. The Balaban J connectivity index is 2.83. The van der Waals surface area contributed by atoms with Crippen molar-refractivity contribution in [3.05, 3.63) is 0 Å². The summed E-state index contributed by atoms with van der Waals surface area (Å²) in [6.07, 6.45) is 2.78. The molecule has 0 aliphatic heterocycles. The van der Waals surface area contributed by atoms with Gasteiger partial charge in [0.05, 0.1) is 0 Å². The average molecular weight is 162 g/mol. The molecule has 2 unspecified atom stereocenters. The second-order valence-electron chi connectivity index (χ2n) is 2.09. The number of rotatable bonds is 3. The predicted octanol–water partition coefficient (Wildman–Crippen LogP) is 1.47. The zero-order valence-electron chi connectivity index (χ0n) is 5.28. The van der Waals surface area contributed by atoms with Crippen LogP contribution in [0.4, 0.5) is 0 Å². The molecule has 0 bridgehead atoms. The van der Waals surface area contributed by atoms with Gasteiger partial charge >= 0.3 is 54.7 Å². The standard InChI is InChI=1S/C6H15As/c1-3-6(2)4-5-7/h6H,3-5,7H2,1-2H3. The quantitative estimate of drug-likeness (QED) is 0.551. The van der Waals surface area contributed by atoms with Gasteiger partial charge in [-0.05, 0) is 0 Å². The molecule has 0 aromatic carbocycles. The molecule has 0 N–H and O–H groups in total. The molecule has 0 amide bonds. The maximum atomic E-state index is 2.32. The Morgan fingerprint density at radius 1 is 1.57 bits per heavy atom. The summed E-state index contributed by atoms with van der Waals surface area (Å²) in [7, 11) is 0. The fraction of sp³-hybridized carbons (Fsp3) is 1.00. The van der Waals surface area contributed by atoms with Crippen LogP contribution in [0.5, 0.6) is 0 Å². The molecule has 0 fully saturated rings. The molecule has 0 rings (SSSR count). The van der Waals surface area contributed by atoms with Crippen LogP contribution in [0.25, 0.3) is 0 Å². The van der Waals surface area contributed by atoms with Crippen LogP contribution in [0.3, 0.4) is 0 Å². The SMILES string of the molecule is CCC(C)CC[AsH2]. The van der Waals surface area contributed by atoms with E-state index in [9.17, 15) is 0 Å². The Kier molecular flexibility index (Phi) is 5.09. The van der Waals surface area contributed by atoms with Crippen LogP contribution in [-0.4, -0.2) is 16.9 Å². The third-order valence-electron chi connectivity index (χ3n) is 1.36. The van der Waals surface area contributed by atoms with Gasteiger partial charge in [0.25, 0.3) is 0 Å². The zero-order valence-corrected chi connectivity index (χ0v) is 7.70. The van der Waals surface area contributed by atoms with Crippen LogP contribution >= 0.6 is 0 Å². The minimum atomic E-state index is 0.965. The molecule has 0 radical (unpaired) electrons. The first-order valence-corrected chi connectivity index (χ1v) is 4.72. The van der Waals surface area contributed by atoms with Crippen molar-refractivity contribution < 1.29 is 0 Å². The fourth-order valence-corrected chi connectivity index (χ4v) is 1.68. The van der Waals surface area contributed by atoms with Gasteiger partial charge in [-0.25, -0.2) is 0 Å². The summed E-state index contributed by atoms with van der Waals surface area (Å²) in [6.45, 7) is 4.58. The van der Waals surface area contributed by atoms with Gasteiger partial charge < -0.3 is 0 Å². The van der Waals surface area contributed by atoms with Crippen molar-refractivity contribution in [1.82, 2.24) is 0 Å². The Bertz CT molecular complexity index is 35.2. The summed E-state index contributed by atoms with van der Waals surface area (Å²) in [5.74, 6) is 0.965. The predicted molar refractivity (Wildman–Crippen MR) is 37.4 cm³/mol. The third-order valence-corrected chi connectivity index (χ3v) is 2.06. The van der Waals surface area contributed by atoms with Gasteiger partial charge in [-0.1, -0.05) is 0 Å². The van der Waals surface area contributed by atoms with Crippen LogP contribution in [-0.2, 0) is 0 Å². The Morgan fingerprint density at radius 3 is 2.29 bits per heavy atom. The fourth-order valence-electron chi connectivity index (χ4n) is 0.489. The Hall–Kier alpha value is 0.558. The van der Waals surface area contributed by atoms with E-state index in [0.717, 1.165) is 5.92 Å². The average Bonchev–Trinajstić information content (AvgIpc) is 1.68. The molecule has 0 aliphatic carbocycles. The van der Waals surface area contributed by atoms with Crippen LogP contribution in [0.2, 0.25) is 5.21 Å². The van der Waals surface area contributed by atoms with Crippen LogP contribution < -0.4 is 0 Å². The van der Waals surface area contributed by atoms with Gasteiger partial charge in [-0.15, -0.1) is 0 Å². The van der Waals surface area contributed by atoms with Gasteiger partial charge in [0.2, 0.25) is 0 Å². The molecule has 0 saturated carbocycles. The molecule has 7 heavy (non-hydrogen) atoms. The summed E-state index contributed by atoms with van der Waals surface area (Å²) in [5.41, 5.74) is 0. The molecule has 0 aliphatic rings. The molecule has 0 spiro atoms. The molecule has 0 aromatic rings. The van der Waals surface area contributed by atoms with E-state index in [1.807, 2.05) is 16.9 Å². The molecule has 0 heterocycles. The van der Waals surface area contributed by atoms with E-state index in [4.69, 9.17) is 0 Å². The number of hydrogen-bond acceptors (Lipinski definition) is 0. The topological polar surface area (TPSA) is 0 Å². The van der Waals surface area contributed by atoms with Crippen molar-refractivity contribution in [3.8, 4) is 0 Å². The van der Waals surface area contributed by atoms with E-state index < -0.39 is 0 Å². The van der Waals surface area contributed by atoms with Crippen LogP contribution in [0.1, 0.15) is 26.7 Å². The van der Waals surface area contributed by atoms with E-state index in [0.29, 0.717) is 0 Å². The van der Waals surface area contributed by atoms with E-state index >= 15 is 0 Å². The van der Waals surface area contributed by atoms with Gasteiger partial charge in [-0.3, -0.25) is 0 Å².